The minimum absolute atomic E-state index is 0.0440. The molecule has 0 saturated heterocycles. The van der Waals surface area contributed by atoms with E-state index in [1.807, 2.05) is 24.3 Å². The van der Waals surface area contributed by atoms with Crippen LogP contribution in [0, 0.1) is 5.82 Å². The molecule has 1 unspecified atom stereocenters. The van der Waals surface area contributed by atoms with Crippen LogP contribution in [0.2, 0.25) is 0 Å². The van der Waals surface area contributed by atoms with E-state index < -0.39 is 21.9 Å². The largest absolute Gasteiger partial charge is 0.384 e. The fraction of sp³-hybridized carbons (Fsp3) is 0.294. The van der Waals surface area contributed by atoms with Gasteiger partial charge in [0.05, 0.1) is 11.5 Å². The van der Waals surface area contributed by atoms with Crippen molar-refractivity contribution in [2.24, 2.45) is 0 Å². The van der Waals surface area contributed by atoms with Gasteiger partial charge in [-0.3, -0.25) is 0 Å². The summed E-state index contributed by atoms with van der Waals surface area (Å²) in [5.41, 5.74) is 0.858. The molecule has 1 N–H and O–H groups in total. The van der Waals surface area contributed by atoms with Crippen molar-refractivity contribution < 1.29 is 17.5 Å². The Kier molecular flexibility index (Phi) is 6.79. The van der Waals surface area contributed by atoms with Crippen LogP contribution in [0.1, 0.15) is 18.5 Å². The van der Waals surface area contributed by atoms with Gasteiger partial charge in [-0.25, -0.2) is 17.5 Å². The predicted molar refractivity (Wildman–Crippen MR) is 94.2 cm³/mol. The van der Waals surface area contributed by atoms with Gasteiger partial charge in [0, 0.05) is 23.8 Å². The summed E-state index contributed by atoms with van der Waals surface area (Å²) in [5, 5.41) is 0. The molecule has 0 amide bonds. The van der Waals surface area contributed by atoms with E-state index in [4.69, 9.17) is 4.74 Å². The van der Waals surface area contributed by atoms with E-state index in [2.05, 4.69) is 4.72 Å². The highest BCUT2D eigenvalue weighted by Crippen LogP contribution is 2.22. The Labute approximate surface area is 146 Å². The van der Waals surface area contributed by atoms with Gasteiger partial charge in [-0.2, -0.15) is 0 Å². The molecule has 0 bridgehead atoms. The number of nitrogens with one attached hydrogen (secondary N) is 1. The fourth-order valence-electron chi connectivity index (χ4n) is 2.08. The second kappa shape index (κ2) is 8.62. The standard InChI is InChI=1S/C17H20FNO3S2/c1-13(14-3-7-16(8-4-14)23-12-11-22-2)19-24(20,21)17-9-5-15(18)6-10-17/h3-10,13,19H,11-12H2,1-2H3. The number of thioether (sulfide) groups is 1. The summed E-state index contributed by atoms with van der Waals surface area (Å²) >= 11 is 1.68. The second-order valence-corrected chi connectivity index (χ2v) is 8.09. The molecule has 0 aliphatic carbocycles. The van der Waals surface area contributed by atoms with Crippen molar-refractivity contribution in [1.29, 1.82) is 0 Å². The molecule has 7 heteroatoms. The Morgan fingerprint density at radius 2 is 1.75 bits per heavy atom. The molecule has 0 saturated carbocycles. The lowest BCUT2D eigenvalue weighted by Gasteiger charge is -2.15. The Bertz CT molecular complexity index is 746. The number of hydrogen-bond acceptors (Lipinski definition) is 4. The highest BCUT2D eigenvalue weighted by molar-refractivity contribution is 7.99. The summed E-state index contributed by atoms with van der Waals surface area (Å²) in [6.45, 7) is 2.45. The maximum absolute atomic E-state index is 12.9. The Morgan fingerprint density at radius 3 is 2.33 bits per heavy atom. The van der Waals surface area contributed by atoms with Crippen molar-refractivity contribution in [3.05, 3.63) is 59.9 Å². The molecule has 24 heavy (non-hydrogen) atoms. The zero-order chi connectivity index (χ0) is 17.6. The molecule has 0 radical (unpaired) electrons. The van der Waals surface area contributed by atoms with Crippen LogP contribution in [0.5, 0.6) is 0 Å². The van der Waals surface area contributed by atoms with Crippen molar-refractivity contribution >= 4 is 21.8 Å². The monoisotopic (exact) mass is 369 g/mol. The van der Waals surface area contributed by atoms with Crippen molar-refractivity contribution in [3.8, 4) is 0 Å². The summed E-state index contributed by atoms with van der Waals surface area (Å²) in [6.07, 6.45) is 0. The molecule has 0 aliphatic heterocycles. The topological polar surface area (TPSA) is 55.4 Å². The molecular weight excluding hydrogens is 349 g/mol. The number of benzene rings is 2. The minimum atomic E-state index is -3.69. The molecule has 130 valence electrons. The van der Waals surface area contributed by atoms with Crippen molar-refractivity contribution in [2.75, 3.05) is 19.5 Å². The third-order valence-corrected chi connectivity index (χ3v) is 5.93. The smallest absolute Gasteiger partial charge is 0.241 e. The zero-order valence-corrected chi connectivity index (χ0v) is 15.2. The molecule has 1 atom stereocenters. The van der Waals surface area contributed by atoms with Gasteiger partial charge in [-0.15, -0.1) is 11.8 Å². The van der Waals surface area contributed by atoms with E-state index in [9.17, 15) is 12.8 Å². The van der Waals surface area contributed by atoms with Crippen LogP contribution in [0.15, 0.2) is 58.3 Å². The number of rotatable bonds is 8. The van der Waals surface area contributed by atoms with E-state index in [0.717, 1.165) is 28.3 Å². The third-order valence-electron chi connectivity index (χ3n) is 3.39. The number of hydrogen-bond donors (Lipinski definition) is 1. The SMILES string of the molecule is COCCSc1ccc(C(C)NS(=O)(=O)c2ccc(F)cc2)cc1. The summed E-state index contributed by atoms with van der Waals surface area (Å²) in [4.78, 5) is 1.15. The maximum Gasteiger partial charge on any atom is 0.241 e. The molecule has 0 heterocycles. The Morgan fingerprint density at radius 1 is 1.12 bits per heavy atom. The van der Waals surface area contributed by atoms with Crippen LogP contribution < -0.4 is 4.72 Å². The summed E-state index contributed by atoms with van der Waals surface area (Å²) < 4.78 is 45.2. The average molecular weight is 369 g/mol. The van der Waals surface area contributed by atoms with Gasteiger partial charge in [0.2, 0.25) is 10.0 Å². The summed E-state index contributed by atoms with van der Waals surface area (Å²) in [6, 6.07) is 12.1. The molecule has 0 spiro atoms. The van der Waals surface area contributed by atoms with Crippen molar-refractivity contribution in [2.45, 2.75) is 22.8 Å². The molecular formula is C17H20FNO3S2. The normalized spacial score (nSPS) is 13.0. The first-order chi connectivity index (χ1) is 11.4. The van der Waals surface area contributed by atoms with Gasteiger partial charge in [0.15, 0.2) is 0 Å². The van der Waals surface area contributed by atoms with Crippen LogP contribution >= 0.6 is 11.8 Å². The lowest BCUT2D eigenvalue weighted by Crippen LogP contribution is -2.26. The third kappa shape index (κ3) is 5.31. The number of halogens is 1. The average Bonchev–Trinajstić information content (AvgIpc) is 2.55. The molecule has 4 nitrogen and oxygen atoms in total. The number of ether oxygens (including phenoxy) is 1. The van der Waals surface area contributed by atoms with Gasteiger partial charge in [-0.05, 0) is 48.9 Å². The number of methoxy groups -OCH3 is 1. The fourth-order valence-corrected chi connectivity index (χ4v) is 4.12. The van der Waals surface area contributed by atoms with Gasteiger partial charge >= 0.3 is 0 Å². The van der Waals surface area contributed by atoms with E-state index in [1.54, 1.807) is 25.8 Å². The quantitative estimate of drug-likeness (QED) is 0.571. The first-order valence-corrected chi connectivity index (χ1v) is 9.89. The lowest BCUT2D eigenvalue weighted by atomic mass is 10.1. The Hall–Kier alpha value is -1.41. The highest BCUT2D eigenvalue weighted by atomic mass is 32.2. The molecule has 2 rings (SSSR count). The van der Waals surface area contributed by atoms with Gasteiger partial charge in [-0.1, -0.05) is 12.1 Å². The molecule has 0 fully saturated rings. The highest BCUT2D eigenvalue weighted by Gasteiger charge is 2.18. The van der Waals surface area contributed by atoms with Crippen LogP contribution in [-0.4, -0.2) is 27.9 Å². The van der Waals surface area contributed by atoms with Gasteiger partial charge < -0.3 is 4.74 Å². The van der Waals surface area contributed by atoms with E-state index >= 15 is 0 Å². The lowest BCUT2D eigenvalue weighted by molar-refractivity contribution is 0.218. The Balaban J connectivity index is 2.03. The van der Waals surface area contributed by atoms with Crippen molar-refractivity contribution in [3.63, 3.8) is 0 Å². The number of sulfonamides is 1. The van der Waals surface area contributed by atoms with E-state index in [1.165, 1.54) is 12.1 Å². The first-order valence-electron chi connectivity index (χ1n) is 7.42. The van der Waals surface area contributed by atoms with Gasteiger partial charge in [0.25, 0.3) is 0 Å². The molecule has 2 aromatic rings. The van der Waals surface area contributed by atoms with Crippen LogP contribution in [0.25, 0.3) is 0 Å². The summed E-state index contributed by atoms with van der Waals surface area (Å²) in [5.74, 6) is 0.395. The second-order valence-electron chi connectivity index (χ2n) is 5.21. The van der Waals surface area contributed by atoms with Crippen LogP contribution in [0.3, 0.4) is 0 Å². The van der Waals surface area contributed by atoms with Crippen LogP contribution in [0.4, 0.5) is 4.39 Å². The summed E-state index contributed by atoms with van der Waals surface area (Å²) in [7, 11) is -2.03. The maximum atomic E-state index is 12.9. The van der Waals surface area contributed by atoms with Gasteiger partial charge in [0.1, 0.15) is 5.82 Å². The van der Waals surface area contributed by atoms with Crippen molar-refractivity contribution in [1.82, 2.24) is 4.72 Å². The predicted octanol–water partition coefficient (Wildman–Crippen LogP) is 3.60. The van der Waals surface area contributed by atoms with Crippen LogP contribution in [-0.2, 0) is 14.8 Å². The van der Waals surface area contributed by atoms with E-state index in [0.29, 0.717) is 6.61 Å². The molecule has 0 aliphatic rings. The van der Waals surface area contributed by atoms with E-state index in [-0.39, 0.29) is 4.90 Å². The first kappa shape index (κ1) is 18.9. The molecule has 2 aromatic carbocycles. The molecule has 0 aromatic heterocycles. The minimum Gasteiger partial charge on any atom is -0.384 e. The zero-order valence-electron chi connectivity index (χ0n) is 13.5.